The number of pyridine rings is 1. The number of aromatic nitrogens is 1. The van der Waals surface area contributed by atoms with Crippen LogP contribution in [0.5, 0.6) is 5.75 Å². The van der Waals surface area contributed by atoms with Gasteiger partial charge in [0.25, 0.3) is 0 Å². The van der Waals surface area contributed by atoms with Crippen molar-refractivity contribution in [1.29, 1.82) is 0 Å². The molecule has 1 aliphatic heterocycles. The summed E-state index contributed by atoms with van der Waals surface area (Å²) in [5, 5.41) is 3.45. The highest BCUT2D eigenvalue weighted by molar-refractivity contribution is 5.16. The molecule has 98 valence electrons. The Labute approximate surface area is 109 Å². The number of hydrogen-bond acceptors (Lipinski definition) is 3. The largest absolute Gasteiger partial charge is 0.493 e. The maximum absolute atomic E-state index is 5.74. The van der Waals surface area contributed by atoms with Crippen LogP contribution < -0.4 is 10.1 Å². The van der Waals surface area contributed by atoms with Gasteiger partial charge < -0.3 is 10.1 Å². The predicted octanol–water partition coefficient (Wildman–Crippen LogP) is 2.49. The fourth-order valence-corrected chi connectivity index (χ4v) is 3.22. The fraction of sp³-hybridized carbons (Fsp3) is 0.667. The summed E-state index contributed by atoms with van der Waals surface area (Å²) in [4.78, 5) is 3.99. The van der Waals surface area contributed by atoms with E-state index in [0.29, 0.717) is 0 Å². The zero-order valence-corrected chi connectivity index (χ0v) is 10.8. The highest BCUT2D eigenvalue weighted by Gasteiger charge is 2.42. The summed E-state index contributed by atoms with van der Waals surface area (Å²) >= 11 is 0. The monoisotopic (exact) mass is 246 g/mol. The van der Waals surface area contributed by atoms with E-state index in [1.54, 1.807) is 12.4 Å². The van der Waals surface area contributed by atoms with Crippen LogP contribution in [0.25, 0.3) is 0 Å². The summed E-state index contributed by atoms with van der Waals surface area (Å²) in [6, 6.07) is 3.86. The number of piperidine rings is 1. The molecular formula is C15H22N2O. The summed E-state index contributed by atoms with van der Waals surface area (Å²) in [5.41, 5.74) is 0. The zero-order chi connectivity index (χ0) is 12.2. The van der Waals surface area contributed by atoms with E-state index in [2.05, 4.69) is 10.3 Å². The van der Waals surface area contributed by atoms with Gasteiger partial charge in [-0.3, -0.25) is 4.98 Å². The van der Waals surface area contributed by atoms with Crippen molar-refractivity contribution in [1.82, 2.24) is 10.3 Å². The molecule has 3 rings (SSSR count). The van der Waals surface area contributed by atoms with Crippen LogP contribution in [0.2, 0.25) is 0 Å². The Hall–Kier alpha value is -1.09. The van der Waals surface area contributed by atoms with Gasteiger partial charge in [0.15, 0.2) is 0 Å². The molecule has 0 amide bonds. The van der Waals surface area contributed by atoms with E-state index in [4.69, 9.17) is 4.74 Å². The second-order valence-corrected chi connectivity index (χ2v) is 5.57. The minimum absolute atomic E-state index is 0.857. The van der Waals surface area contributed by atoms with E-state index in [-0.39, 0.29) is 0 Å². The van der Waals surface area contributed by atoms with Crippen LogP contribution >= 0.6 is 0 Å². The van der Waals surface area contributed by atoms with Gasteiger partial charge in [-0.1, -0.05) is 0 Å². The van der Waals surface area contributed by atoms with E-state index in [9.17, 15) is 0 Å². The van der Waals surface area contributed by atoms with Crippen LogP contribution in [0.1, 0.15) is 25.7 Å². The molecule has 1 N–H and O–H groups in total. The molecule has 1 aliphatic carbocycles. The first-order chi connectivity index (χ1) is 8.93. The maximum atomic E-state index is 5.74. The number of hydrogen-bond donors (Lipinski definition) is 1. The Morgan fingerprint density at radius 3 is 2.78 bits per heavy atom. The maximum Gasteiger partial charge on any atom is 0.122 e. The summed E-state index contributed by atoms with van der Waals surface area (Å²) in [7, 11) is 0. The lowest BCUT2D eigenvalue weighted by Crippen LogP contribution is -2.29. The third kappa shape index (κ3) is 3.02. The summed E-state index contributed by atoms with van der Waals surface area (Å²) < 4.78 is 5.74. The molecule has 1 saturated heterocycles. The van der Waals surface area contributed by atoms with E-state index in [1.807, 2.05) is 12.1 Å². The number of ether oxygens (including phenoxy) is 1. The quantitative estimate of drug-likeness (QED) is 0.866. The van der Waals surface area contributed by atoms with Crippen molar-refractivity contribution in [2.75, 3.05) is 19.7 Å². The van der Waals surface area contributed by atoms with Crippen LogP contribution in [0.4, 0.5) is 0 Å². The Balaban J connectivity index is 1.36. The summed E-state index contributed by atoms with van der Waals surface area (Å²) in [6.07, 6.45) is 8.98. The lowest BCUT2D eigenvalue weighted by molar-refractivity contribution is 0.279. The Morgan fingerprint density at radius 1 is 1.22 bits per heavy atom. The first-order valence-corrected chi connectivity index (χ1v) is 7.17. The first kappa shape index (κ1) is 12.0. The summed E-state index contributed by atoms with van der Waals surface area (Å²) in [5.74, 6) is 3.85. The van der Waals surface area contributed by atoms with Crippen LogP contribution in [-0.2, 0) is 0 Å². The molecular weight excluding hydrogens is 224 g/mol. The normalized spacial score (nSPS) is 28.0. The van der Waals surface area contributed by atoms with Crippen LogP contribution in [0.3, 0.4) is 0 Å². The first-order valence-electron chi connectivity index (χ1n) is 7.17. The predicted molar refractivity (Wildman–Crippen MR) is 71.5 cm³/mol. The smallest absolute Gasteiger partial charge is 0.122 e. The standard InChI is InChI=1S/C15H22N2O/c1-6-16-7-2-12(1)15-11-13(15)5-10-18-14-3-8-17-9-4-14/h3-4,8-9,12-13,15-16H,1-2,5-7,10-11H2. The second-order valence-electron chi connectivity index (χ2n) is 5.57. The van der Waals surface area contributed by atoms with Gasteiger partial charge in [-0.25, -0.2) is 0 Å². The molecule has 2 atom stereocenters. The van der Waals surface area contributed by atoms with Gasteiger partial charge in [-0.15, -0.1) is 0 Å². The molecule has 18 heavy (non-hydrogen) atoms. The topological polar surface area (TPSA) is 34.1 Å². The van der Waals surface area contributed by atoms with Crippen molar-refractivity contribution in [3.8, 4) is 5.75 Å². The van der Waals surface area contributed by atoms with Crippen molar-refractivity contribution in [3.05, 3.63) is 24.5 Å². The van der Waals surface area contributed by atoms with Crippen molar-refractivity contribution in [3.63, 3.8) is 0 Å². The Morgan fingerprint density at radius 2 is 2.00 bits per heavy atom. The number of nitrogens with zero attached hydrogens (tertiary/aromatic N) is 1. The fourth-order valence-electron chi connectivity index (χ4n) is 3.22. The molecule has 2 aliphatic rings. The van der Waals surface area contributed by atoms with E-state index in [0.717, 1.165) is 30.1 Å². The lowest BCUT2D eigenvalue weighted by atomic mass is 9.91. The number of rotatable bonds is 5. The molecule has 1 saturated carbocycles. The van der Waals surface area contributed by atoms with Crippen LogP contribution in [-0.4, -0.2) is 24.7 Å². The van der Waals surface area contributed by atoms with Gasteiger partial charge in [0, 0.05) is 12.4 Å². The average molecular weight is 246 g/mol. The van der Waals surface area contributed by atoms with Gasteiger partial charge in [0.05, 0.1) is 6.61 Å². The van der Waals surface area contributed by atoms with Gasteiger partial charge in [0.1, 0.15) is 5.75 Å². The molecule has 3 heteroatoms. The van der Waals surface area contributed by atoms with E-state index < -0.39 is 0 Å². The molecule has 2 fully saturated rings. The zero-order valence-electron chi connectivity index (χ0n) is 10.8. The lowest BCUT2D eigenvalue weighted by Gasteiger charge is -2.22. The van der Waals surface area contributed by atoms with Crippen LogP contribution in [0.15, 0.2) is 24.5 Å². The van der Waals surface area contributed by atoms with E-state index >= 15 is 0 Å². The van der Waals surface area contributed by atoms with Crippen molar-refractivity contribution in [2.45, 2.75) is 25.7 Å². The molecule has 1 aromatic heterocycles. The molecule has 0 spiro atoms. The third-order valence-corrected chi connectivity index (χ3v) is 4.37. The van der Waals surface area contributed by atoms with Crippen molar-refractivity contribution < 1.29 is 4.74 Å². The van der Waals surface area contributed by atoms with Crippen molar-refractivity contribution in [2.24, 2.45) is 17.8 Å². The minimum atomic E-state index is 0.857. The van der Waals surface area contributed by atoms with Crippen molar-refractivity contribution >= 4 is 0 Å². The highest BCUT2D eigenvalue weighted by Crippen LogP contribution is 2.49. The minimum Gasteiger partial charge on any atom is -0.493 e. The van der Waals surface area contributed by atoms with Gasteiger partial charge in [-0.05, 0) is 68.7 Å². The molecule has 2 heterocycles. The van der Waals surface area contributed by atoms with Crippen LogP contribution in [0, 0.1) is 17.8 Å². The molecule has 3 nitrogen and oxygen atoms in total. The molecule has 0 radical (unpaired) electrons. The second kappa shape index (κ2) is 5.70. The SMILES string of the molecule is c1cc(OCCC2CC2C2CCNCC2)ccn1. The Bertz CT molecular complexity index is 362. The summed E-state index contributed by atoms with van der Waals surface area (Å²) in [6.45, 7) is 3.30. The highest BCUT2D eigenvalue weighted by atomic mass is 16.5. The van der Waals surface area contributed by atoms with Gasteiger partial charge >= 0.3 is 0 Å². The number of nitrogens with one attached hydrogen (secondary N) is 1. The van der Waals surface area contributed by atoms with E-state index in [1.165, 1.54) is 38.8 Å². The van der Waals surface area contributed by atoms with Gasteiger partial charge in [0.2, 0.25) is 0 Å². The average Bonchev–Trinajstić information content (AvgIpc) is 3.21. The Kier molecular flexibility index (Phi) is 3.79. The molecule has 0 aromatic carbocycles. The molecule has 2 unspecified atom stereocenters. The third-order valence-electron chi connectivity index (χ3n) is 4.37. The molecule has 0 bridgehead atoms. The molecule has 1 aromatic rings. The van der Waals surface area contributed by atoms with Gasteiger partial charge in [-0.2, -0.15) is 0 Å².